The molecule has 0 aromatic heterocycles. The Balaban J connectivity index is 2.02. The minimum absolute atomic E-state index is 0.0379. The number of fused-ring (bicyclic) bond motifs is 1. The molecule has 0 aromatic carbocycles. The summed E-state index contributed by atoms with van der Waals surface area (Å²) in [4.78, 5) is 11.7. The summed E-state index contributed by atoms with van der Waals surface area (Å²) in [5.41, 5.74) is -0.480. The molecule has 0 aromatic rings. The molecule has 2 aliphatic rings. The van der Waals surface area contributed by atoms with Crippen LogP contribution in [0.4, 0.5) is 0 Å². The molecule has 0 spiro atoms. The summed E-state index contributed by atoms with van der Waals surface area (Å²) < 4.78 is 12.2. The predicted molar refractivity (Wildman–Crippen MR) is 97.9 cm³/mol. The molecular weight excluding hydrogens is 300 g/mol. The fourth-order valence-electron chi connectivity index (χ4n) is 4.70. The number of allylic oxidation sites excluding steroid dienone is 2. The predicted octanol–water partition coefficient (Wildman–Crippen LogP) is 5.43. The molecule has 24 heavy (non-hydrogen) atoms. The van der Waals surface area contributed by atoms with Crippen molar-refractivity contribution in [1.82, 2.24) is 0 Å². The molecule has 0 radical (unpaired) electrons. The molecule has 0 amide bonds. The maximum atomic E-state index is 11.7. The van der Waals surface area contributed by atoms with E-state index in [9.17, 15) is 4.79 Å². The van der Waals surface area contributed by atoms with Crippen LogP contribution in [0.25, 0.3) is 0 Å². The lowest BCUT2D eigenvalue weighted by molar-refractivity contribution is -0.149. The van der Waals surface area contributed by atoms with Crippen molar-refractivity contribution in [3.63, 3.8) is 0 Å². The molecule has 3 heteroatoms. The van der Waals surface area contributed by atoms with Crippen molar-refractivity contribution < 1.29 is 14.3 Å². The molecule has 0 N–H and O–H groups in total. The summed E-state index contributed by atoms with van der Waals surface area (Å²) >= 11 is 0. The van der Waals surface area contributed by atoms with E-state index in [1.807, 2.05) is 0 Å². The monoisotopic (exact) mass is 336 g/mol. The fourth-order valence-corrected chi connectivity index (χ4v) is 4.70. The molecule has 2 aliphatic heterocycles. The largest absolute Gasteiger partial charge is 0.456 e. The highest BCUT2D eigenvalue weighted by atomic mass is 16.6. The Bertz CT molecular complexity index is 458. The average Bonchev–Trinajstić information content (AvgIpc) is 3.01. The zero-order chi connectivity index (χ0) is 17.8. The number of rotatable bonds is 9. The van der Waals surface area contributed by atoms with Crippen molar-refractivity contribution in [3.8, 4) is 0 Å². The van der Waals surface area contributed by atoms with Crippen LogP contribution in [0.15, 0.2) is 12.2 Å². The van der Waals surface area contributed by atoms with Crippen molar-refractivity contribution >= 4 is 5.97 Å². The number of carbonyl (C=O) groups excluding carboxylic acids is 1. The minimum atomic E-state index is -0.362. The highest BCUT2D eigenvalue weighted by Gasteiger charge is 2.60. The molecule has 5 unspecified atom stereocenters. The molecule has 0 aliphatic carbocycles. The quantitative estimate of drug-likeness (QED) is 0.416. The third-order valence-electron chi connectivity index (χ3n) is 6.11. The van der Waals surface area contributed by atoms with Crippen LogP contribution in [0.3, 0.4) is 0 Å². The van der Waals surface area contributed by atoms with E-state index in [1.54, 1.807) is 0 Å². The van der Waals surface area contributed by atoms with Gasteiger partial charge in [-0.25, -0.2) is 0 Å². The van der Waals surface area contributed by atoms with Gasteiger partial charge in [-0.3, -0.25) is 4.79 Å². The first-order valence-electron chi connectivity index (χ1n) is 9.98. The van der Waals surface area contributed by atoms with Gasteiger partial charge in [0.15, 0.2) is 0 Å². The second-order valence-corrected chi connectivity index (χ2v) is 7.97. The van der Waals surface area contributed by atoms with Crippen LogP contribution in [-0.2, 0) is 14.3 Å². The summed E-state index contributed by atoms with van der Waals surface area (Å²) in [5, 5.41) is 0. The summed E-state index contributed by atoms with van der Waals surface area (Å²) in [5.74, 6) is 1.18. The van der Waals surface area contributed by atoms with E-state index < -0.39 is 0 Å². The molecule has 138 valence electrons. The van der Waals surface area contributed by atoms with E-state index in [0.29, 0.717) is 18.3 Å². The number of hydrogen-bond donors (Lipinski definition) is 0. The van der Waals surface area contributed by atoms with E-state index in [1.165, 1.54) is 12.8 Å². The van der Waals surface area contributed by atoms with Crippen LogP contribution in [0.1, 0.15) is 86.0 Å². The van der Waals surface area contributed by atoms with Crippen LogP contribution in [-0.4, -0.2) is 23.3 Å². The van der Waals surface area contributed by atoms with Gasteiger partial charge >= 0.3 is 5.97 Å². The van der Waals surface area contributed by atoms with Gasteiger partial charge in [0.25, 0.3) is 0 Å². The molecule has 5 atom stereocenters. The lowest BCUT2D eigenvalue weighted by atomic mass is 9.78. The van der Waals surface area contributed by atoms with Crippen LogP contribution in [0.5, 0.6) is 0 Å². The van der Waals surface area contributed by atoms with E-state index in [-0.39, 0.29) is 23.3 Å². The first-order chi connectivity index (χ1) is 11.4. The Morgan fingerprint density at radius 1 is 1.25 bits per heavy atom. The minimum Gasteiger partial charge on any atom is -0.456 e. The normalized spacial score (nSPS) is 35.2. The van der Waals surface area contributed by atoms with Crippen molar-refractivity contribution in [1.29, 1.82) is 0 Å². The summed E-state index contributed by atoms with van der Waals surface area (Å²) in [6, 6.07) is 0. The highest BCUT2D eigenvalue weighted by molar-refractivity contribution is 5.73. The Kier molecular flexibility index (Phi) is 6.52. The smallest absolute Gasteiger partial charge is 0.309 e. The molecule has 3 nitrogen and oxygen atoms in total. The van der Waals surface area contributed by atoms with Gasteiger partial charge in [-0.15, -0.1) is 0 Å². The van der Waals surface area contributed by atoms with Crippen LogP contribution >= 0.6 is 0 Å². The Morgan fingerprint density at radius 2 is 2.00 bits per heavy atom. The topological polar surface area (TPSA) is 35.5 Å². The number of hydrogen-bond acceptors (Lipinski definition) is 3. The standard InChI is InChI=1S/C21H36O3/c1-6-10-11-17(7-2)12-16(5)14-20(8-3)15-21(9-4)18(23-20)13-19(22)24-21/h10-11,16-18H,6-9,12-15H2,1-5H3. The lowest BCUT2D eigenvalue weighted by Crippen LogP contribution is -2.36. The van der Waals surface area contributed by atoms with Crippen molar-refractivity contribution in [2.75, 3.05) is 0 Å². The molecule has 0 bridgehead atoms. The van der Waals surface area contributed by atoms with Crippen LogP contribution in [0, 0.1) is 11.8 Å². The van der Waals surface area contributed by atoms with Gasteiger partial charge in [-0.05, 0) is 50.4 Å². The zero-order valence-electron chi connectivity index (χ0n) is 16.3. The summed E-state index contributed by atoms with van der Waals surface area (Å²) in [7, 11) is 0. The molecule has 2 saturated heterocycles. The third kappa shape index (κ3) is 4.04. The second kappa shape index (κ2) is 8.03. The molecule has 0 saturated carbocycles. The Labute approximate surface area is 148 Å². The first-order valence-corrected chi connectivity index (χ1v) is 9.98. The lowest BCUT2D eigenvalue weighted by Gasteiger charge is -2.33. The molecule has 2 heterocycles. The molecule has 2 fully saturated rings. The van der Waals surface area contributed by atoms with E-state index in [0.717, 1.165) is 32.1 Å². The summed E-state index contributed by atoms with van der Waals surface area (Å²) in [6.45, 7) is 11.1. The Hall–Kier alpha value is -0.830. The zero-order valence-corrected chi connectivity index (χ0v) is 16.3. The maximum absolute atomic E-state index is 11.7. The first kappa shape index (κ1) is 19.5. The van der Waals surface area contributed by atoms with Gasteiger partial charge in [0, 0.05) is 6.42 Å². The fraction of sp³-hybridized carbons (Fsp3) is 0.857. The number of carbonyl (C=O) groups is 1. The van der Waals surface area contributed by atoms with Crippen molar-refractivity contribution in [2.24, 2.45) is 11.8 Å². The van der Waals surface area contributed by atoms with E-state index in [4.69, 9.17) is 9.47 Å². The SMILES string of the molecule is CCC=CC(CC)CC(C)CC1(CC)CC2(CC)OC(=O)CC2O1. The average molecular weight is 337 g/mol. The van der Waals surface area contributed by atoms with Gasteiger partial charge in [0.05, 0.1) is 12.0 Å². The maximum Gasteiger partial charge on any atom is 0.309 e. The van der Waals surface area contributed by atoms with Gasteiger partial charge in [0.2, 0.25) is 0 Å². The molecule has 2 rings (SSSR count). The Morgan fingerprint density at radius 3 is 2.54 bits per heavy atom. The second-order valence-electron chi connectivity index (χ2n) is 7.97. The van der Waals surface area contributed by atoms with Gasteiger partial charge in [-0.2, -0.15) is 0 Å². The van der Waals surface area contributed by atoms with E-state index in [2.05, 4.69) is 46.8 Å². The van der Waals surface area contributed by atoms with Crippen LogP contribution in [0.2, 0.25) is 0 Å². The number of esters is 1. The number of ether oxygens (including phenoxy) is 2. The summed E-state index contributed by atoms with van der Waals surface area (Å²) in [6.07, 6.45) is 12.4. The van der Waals surface area contributed by atoms with Crippen molar-refractivity contribution in [3.05, 3.63) is 12.2 Å². The van der Waals surface area contributed by atoms with E-state index >= 15 is 0 Å². The van der Waals surface area contributed by atoms with Gasteiger partial charge in [0.1, 0.15) is 11.7 Å². The van der Waals surface area contributed by atoms with Crippen LogP contribution < -0.4 is 0 Å². The van der Waals surface area contributed by atoms with Gasteiger partial charge in [-0.1, -0.05) is 46.8 Å². The third-order valence-corrected chi connectivity index (χ3v) is 6.11. The highest BCUT2D eigenvalue weighted by Crippen LogP contribution is 2.51. The van der Waals surface area contributed by atoms with Crippen molar-refractivity contribution in [2.45, 2.75) is 103 Å². The van der Waals surface area contributed by atoms with Gasteiger partial charge < -0.3 is 9.47 Å². The molecular formula is C21H36O3.